The van der Waals surface area contributed by atoms with Crippen molar-refractivity contribution < 1.29 is 8.78 Å². The summed E-state index contributed by atoms with van der Waals surface area (Å²) in [6, 6.07) is 3.63. The van der Waals surface area contributed by atoms with Crippen LogP contribution in [0, 0.1) is 11.6 Å². The molecule has 2 fully saturated rings. The lowest BCUT2D eigenvalue weighted by molar-refractivity contribution is 0.544. The molecule has 2 aliphatic rings. The molecule has 1 aromatic carbocycles. The average Bonchev–Trinajstić information content (AvgIpc) is 2.96. The first-order valence-electron chi connectivity index (χ1n) is 6.29. The summed E-state index contributed by atoms with van der Waals surface area (Å²) in [7, 11) is 0. The Bertz CT molecular complexity index is 439. The third kappa shape index (κ3) is 2.52. The molecule has 1 N–H and O–H groups in total. The average molecular weight is 317 g/mol. The summed E-state index contributed by atoms with van der Waals surface area (Å²) in [5.74, 6) is -0.983. The van der Waals surface area contributed by atoms with Crippen molar-refractivity contribution in [1.82, 2.24) is 5.32 Å². The summed E-state index contributed by atoms with van der Waals surface area (Å²) in [6.07, 6.45) is 3.42. The van der Waals surface area contributed by atoms with Gasteiger partial charge in [-0.2, -0.15) is 0 Å². The van der Waals surface area contributed by atoms with Crippen LogP contribution in [-0.4, -0.2) is 25.2 Å². The molecule has 1 saturated heterocycles. The fourth-order valence-electron chi connectivity index (χ4n) is 2.52. The summed E-state index contributed by atoms with van der Waals surface area (Å²) in [4.78, 5) is 1.80. The predicted molar refractivity (Wildman–Crippen MR) is 70.8 cm³/mol. The molecule has 1 heterocycles. The molecular formula is C13H15BrF2N2. The molecule has 1 unspecified atom stereocenters. The van der Waals surface area contributed by atoms with Gasteiger partial charge in [-0.25, -0.2) is 8.78 Å². The van der Waals surface area contributed by atoms with Gasteiger partial charge in [0.05, 0.1) is 0 Å². The third-order valence-corrected chi connectivity index (χ3v) is 3.99. The van der Waals surface area contributed by atoms with Crippen molar-refractivity contribution in [3.8, 4) is 0 Å². The first kappa shape index (κ1) is 12.4. The maximum atomic E-state index is 13.8. The zero-order chi connectivity index (χ0) is 12.7. The minimum atomic E-state index is -0.492. The highest BCUT2D eigenvalue weighted by molar-refractivity contribution is 9.10. The van der Waals surface area contributed by atoms with Gasteiger partial charge in [-0.15, -0.1) is 0 Å². The van der Waals surface area contributed by atoms with E-state index in [4.69, 9.17) is 0 Å². The van der Waals surface area contributed by atoms with E-state index in [1.807, 2.05) is 0 Å². The highest BCUT2D eigenvalue weighted by Crippen LogP contribution is 2.30. The Morgan fingerprint density at radius 1 is 1.11 bits per heavy atom. The molecule has 0 spiro atoms. The van der Waals surface area contributed by atoms with Crippen molar-refractivity contribution in [2.45, 2.75) is 31.3 Å². The highest BCUT2D eigenvalue weighted by atomic mass is 79.9. The van der Waals surface area contributed by atoms with Gasteiger partial charge in [-0.05, 0) is 31.4 Å². The molecule has 2 nitrogen and oxygen atoms in total. The van der Waals surface area contributed by atoms with Gasteiger partial charge in [0.2, 0.25) is 0 Å². The number of rotatable bonds is 3. The maximum Gasteiger partial charge on any atom is 0.150 e. The summed E-state index contributed by atoms with van der Waals surface area (Å²) in [5, 5.41) is 3.51. The fourth-order valence-corrected chi connectivity index (χ4v) is 2.92. The molecule has 1 aliphatic heterocycles. The van der Waals surface area contributed by atoms with Crippen LogP contribution in [0.3, 0.4) is 0 Å². The van der Waals surface area contributed by atoms with E-state index in [2.05, 4.69) is 21.2 Å². The lowest BCUT2D eigenvalue weighted by atomic mass is 10.2. The second-order valence-corrected chi connectivity index (χ2v) is 6.01. The van der Waals surface area contributed by atoms with E-state index in [0.717, 1.165) is 6.42 Å². The molecule has 3 rings (SSSR count). The van der Waals surface area contributed by atoms with Gasteiger partial charge < -0.3 is 10.2 Å². The van der Waals surface area contributed by atoms with Gasteiger partial charge in [0.1, 0.15) is 5.69 Å². The molecule has 0 aromatic heterocycles. The lowest BCUT2D eigenvalue weighted by Crippen LogP contribution is -2.34. The normalized spacial score (nSPS) is 23.7. The van der Waals surface area contributed by atoms with Crippen molar-refractivity contribution in [2.24, 2.45) is 0 Å². The molecule has 1 atom stereocenters. The van der Waals surface area contributed by atoms with Crippen molar-refractivity contribution in [1.29, 1.82) is 0 Å². The van der Waals surface area contributed by atoms with Gasteiger partial charge in [0.25, 0.3) is 0 Å². The van der Waals surface area contributed by atoms with Crippen molar-refractivity contribution in [3.63, 3.8) is 0 Å². The number of nitrogens with one attached hydrogen (secondary N) is 1. The Balaban J connectivity index is 1.75. The Hall–Kier alpha value is -0.680. The van der Waals surface area contributed by atoms with Crippen LogP contribution in [-0.2, 0) is 0 Å². The Morgan fingerprint density at radius 3 is 2.39 bits per heavy atom. The van der Waals surface area contributed by atoms with E-state index >= 15 is 0 Å². The summed E-state index contributed by atoms with van der Waals surface area (Å²) >= 11 is 3.10. The molecule has 5 heteroatoms. The van der Waals surface area contributed by atoms with Gasteiger partial charge >= 0.3 is 0 Å². The van der Waals surface area contributed by atoms with Crippen LogP contribution < -0.4 is 10.2 Å². The van der Waals surface area contributed by atoms with Crippen molar-refractivity contribution in [2.75, 3.05) is 18.0 Å². The second-order valence-electron chi connectivity index (χ2n) is 5.09. The summed E-state index contributed by atoms with van der Waals surface area (Å²) in [5.41, 5.74) is 0.110. The summed E-state index contributed by atoms with van der Waals surface area (Å²) in [6.45, 7) is 1.39. The number of hydrogen-bond acceptors (Lipinski definition) is 2. The topological polar surface area (TPSA) is 15.3 Å². The molecule has 1 aromatic rings. The van der Waals surface area contributed by atoms with E-state index in [1.165, 1.54) is 25.0 Å². The third-order valence-electron chi connectivity index (χ3n) is 3.53. The molecular weight excluding hydrogens is 302 g/mol. The Labute approximate surface area is 113 Å². The van der Waals surface area contributed by atoms with Crippen LogP contribution >= 0.6 is 15.9 Å². The van der Waals surface area contributed by atoms with Crippen LogP contribution in [0.5, 0.6) is 0 Å². The number of anilines is 1. The van der Waals surface area contributed by atoms with Crippen LogP contribution in [0.2, 0.25) is 0 Å². The van der Waals surface area contributed by atoms with Gasteiger partial charge in [-0.1, -0.05) is 15.9 Å². The molecule has 0 amide bonds. The van der Waals surface area contributed by atoms with Crippen LogP contribution in [0.1, 0.15) is 19.3 Å². The van der Waals surface area contributed by atoms with Crippen molar-refractivity contribution >= 4 is 21.6 Å². The first-order valence-corrected chi connectivity index (χ1v) is 7.08. The fraction of sp³-hybridized carbons (Fsp3) is 0.538. The molecule has 1 saturated carbocycles. The zero-order valence-electron chi connectivity index (χ0n) is 9.93. The van der Waals surface area contributed by atoms with E-state index < -0.39 is 11.6 Å². The van der Waals surface area contributed by atoms with E-state index in [-0.39, 0.29) is 5.69 Å². The Kier molecular flexibility index (Phi) is 3.28. The molecule has 98 valence electrons. The van der Waals surface area contributed by atoms with Crippen LogP contribution in [0.4, 0.5) is 14.5 Å². The summed E-state index contributed by atoms with van der Waals surface area (Å²) < 4.78 is 28.1. The van der Waals surface area contributed by atoms with E-state index in [0.29, 0.717) is 29.6 Å². The number of hydrogen-bond donors (Lipinski definition) is 1. The van der Waals surface area contributed by atoms with Gasteiger partial charge in [0, 0.05) is 29.6 Å². The van der Waals surface area contributed by atoms with E-state index in [9.17, 15) is 8.78 Å². The minimum absolute atomic E-state index is 0.110. The maximum absolute atomic E-state index is 13.8. The smallest absolute Gasteiger partial charge is 0.150 e. The monoisotopic (exact) mass is 316 g/mol. The minimum Gasteiger partial charge on any atom is -0.365 e. The highest BCUT2D eigenvalue weighted by Gasteiger charge is 2.31. The lowest BCUT2D eigenvalue weighted by Gasteiger charge is -2.20. The number of halogens is 3. The SMILES string of the molecule is Fc1cc(Br)cc(F)c1N1CCC(NC2CC2)C1. The van der Waals surface area contributed by atoms with Gasteiger partial charge in [-0.3, -0.25) is 0 Å². The molecule has 18 heavy (non-hydrogen) atoms. The van der Waals surface area contributed by atoms with Gasteiger partial charge in [0.15, 0.2) is 11.6 Å². The molecule has 1 aliphatic carbocycles. The zero-order valence-corrected chi connectivity index (χ0v) is 11.5. The molecule has 0 radical (unpaired) electrons. The standard InChI is InChI=1S/C13H15BrF2N2/c14-8-5-11(15)13(12(16)6-8)18-4-3-10(7-18)17-9-1-2-9/h5-6,9-10,17H,1-4,7H2. The molecule has 0 bridgehead atoms. The van der Waals surface area contributed by atoms with E-state index in [1.54, 1.807) is 4.90 Å². The quantitative estimate of drug-likeness (QED) is 0.922. The second kappa shape index (κ2) is 4.78. The van der Waals surface area contributed by atoms with Crippen LogP contribution in [0.15, 0.2) is 16.6 Å². The first-order chi connectivity index (χ1) is 8.63. The predicted octanol–water partition coefficient (Wildman–Crippen LogP) is 3.06. The Morgan fingerprint density at radius 2 is 1.78 bits per heavy atom. The largest absolute Gasteiger partial charge is 0.365 e. The number of benzene rings is 1. The number of nitrogens with zero attached hydrogens (tertiary/aromatic N) is 1. The van der Waals surface area contributed by atoms with Crippen LogP contribution in [0.25, 0.3) is 0 Å². The van der Waals surface area contributed by atoms with Crippen molar-refractivity contribution in [3.05, 3.63) is 28.2 Å².